The highest BCUT2D eigenvalue weighted by Crippen LogP contribution is 2.17. The lowest BCUT2D eigenvalue weighted by atomic mass is 10.0. The number of unbranched alkanes of at least 4 members (excludes halogenated alkanes) is 37. The van der Waals surface area contributed by atoms with Gasteiger partial charge in [0.25, 0.3) is 0 Å². The average Bonchev–Trinajstić information content (AvgIpc) is 3.42. The van der Waals surface area contributed by atoms with Crippen LogP contribution in [0.25, 0.3) is 0 Å². The van der Waals surface area contributed by atoms with Gasteiger partial charge in [-0.25, -0.2) is 0 Å². The van der Waals surface area contributed by atoms with Gasteiger partial charge in [-0.3, -0.25) is 14.4 Å². The molecule has 0 rings (SSSR count). The summed E-state index contributed by atoms with van der Waals surface area (Å²) in [6.45, 7) is 6.54. The Labute approximate surface area is 472 Å². The van der Waals surface area contributed by atoms with Crippen molar-refractivity contribution in [3.8, 4) is 0 Å². The first kappa shape index (κ1) is 72.8. The second kappa shape index (κ2) is 64.4. The number of hydrogen-bond donors (Lipinski definition) is 0. The molecule has 6 heteroatoms. The normalized spacial score (nSPS) is 12.5. The molecule has 6 nitrogen and oxygen atoms in total. The van der Waals surface area contributed by atoms with E-state index in [1.54, 1.807) is 0 Å². The first-order valence-corrected chi connectivity index (χ1v) is 32.9. The van der Waals surface area contributed by atoms with E-state index in [4.69, 9.17) is 14.2 Å². The summed E-state index contributed by atoms with van der Waals surface area (Å²) in [6, 6.07) is 0. The molecule has 0 aliphatic heterocycles. The highest BCUT2D eigenvalue weighted by Gasteiger charge is 2.19. The lowest BCUT2D eigenvalue weighted by Crippen LogP contribution is -2.30. The quantitative estimate of drug-likeness (QED) is 0.0261. The fraction of sp³-hybridized carbons (Fsp3) is 0.786. The lowest BCUT2D eigenvalue weighted by molar-refractivity contribution is -0.167. The van der Waals surface area contributed by atoms with Gasteiger partial charge in [0.2, 0.25) is 0 Å². The summed E-state index contributed by atoms with van der Waals surface area (Å²) >= 11 is 0. The largest absolute Gasteiger partial charge is 0.462 e. The zero-order chi connectivity index (χ0) is 55.0. The van der Waals surface area contributed by atoms with Crippen LogP contribution in [-0.4, -0.2) is 37.2 Å². The van der Waals surface area contributed by atoms with Crippen molar-refractivity contribution in [1.29, 1.82) is 0 Å². The minimum Gasteiger partial charge on any atom is -0.462 e. The van der Waals surface area contributed by atoms with E-state index < -0.39 is 6.10 Å². The first-order valence-electron chi connectivity index (χ1n) is 32.9. The monoisotopic (exact) mass is 1060 g/mol. The number of ether oxygens (including phenoxy) is 3. The lowest BCUT2D eigenvalue weighted by Gasteiger charge is -2.18. The van der Waals surface area contributed by atoms with Gasteiger partial charge in [0.15, 0.2) is 6.10 Å². The third-order valence-electron chi connectivity index (χ3n) is 14.4. The standard InChI is InChI=1S/C70H124O6/c1-4-7-10-13-16-19-22-25-28-30-31-32-33-34-35-36-37-38-39-41-42-45-48-51-54-57-60-63-69(72)75-66-67(65-74-68(71)62-59-56-53-50-47-44-27-24-21-18-15-12-9-6-3)76-70(73)64-61-58-55-52-49-46-43-40-29-26-23-20-17-14-11-8-5-2/h8,11,17,20,22,25-26,29-31,43,46,67H,4-7,9-10,12-16,18-19,21,23-24,27-28,32-42,44-45,47-66H2,1-3H3/b11-8-,20-17-,25-22-,29-26-,31-30-,46-43-. The van der Waals surface area contributed by atoms with Crippen LogP contribution in [0.15, 0.2) is 72.9 Å². The fourth-order valence-corrected chi connectivity index (χ4v) is 9.53. The molecule has 0 saturated carbocycles. The van der Waals surface area contributed by atoms with Gasteiger partial charge >= 0.3 is 17.9 Å². The summed E-state index contributed by atoms with van der Waals surface area (Å²) in [7, 11) is 0. The molecule has 0 aromatic rings. The Hall–Kier alpha value is -3.15. The molecule has 1 atom stereocenters. The topological polar surface area (TPSA) is 78.9 Å². The van der Waals surface area contributed by atoms with E-state index in [0.29, 0.717) is 19.3 Å². The van der Waals surface area contributed by atoms with Gasteiger partial charge in [0.05, 0.1) is 0 Å². The number of esters is 3. The number of hydrogen-bond acceptors (Lipinski definition) is 6. The number of rotatable bonds is 60. The minimum atomic E-state index is -0.787. The maximum absolute atomic E-state index is 12.9. The highest BCUT2D eigenvalue weighted by atomic mass is 16.6. The van der Waals surface area contributed by atoms with Gasteiger partial charge in [-0.05, 0) is 89.9 Å². The van der Waals surface area contributed by atoms with Crippen LogP contribution >= 0.6 is 0 Å². The second-order valence-corrected chi connectivity index (χ2v) is 22.0. The van der Waals surface area contributed by atoms with Crippen LogP contribution in [0.5, 0.6) is 0 Å². The van der Waals surface area contributed by atoms with Gasteiger partial charge in [-0.15, -0.1) is 0 Å². The molecule has 76 heavy (non-hydrogen) atoms. The van der Waals surface area contributed by atoms with Crippen LogP contribution in [-0.2, 0) is 28.6 Å². The van der Waals surface area contributed by atoms with Crippen LogP contribution in [0, 0.1) is 0 Å². The Morgan fingerprint density at radius 3 is 0.803 bits per heavy atom. The molecule has 0 aromatic carbocycles. The van der Waals surface area contributed by atoms with Gasteiger partial charge in [0, 0.05) is 19.3 Å². The van der Waals surface area contributed by atoms with Crippen molar-refractivity contribution in [3.63, 3.8) is 0 Å². The van der Waals surface area contributed by atoms with Gasteiger partial charge in [-0.2, -0.15) is 0 Å². The molecule has 0 spiro atoms. The molecule has 1 unspecified atom stereocenters. The molecule has 0 radical (unpaired) electrons. The zero-order valence-corrected chi connectivity index (χ0v) is 50.5. The van der Waals surface area contributed by atoms with Gasteiger partial charge < -0.3 is 14.2 Å². The zero-order valence-electron chi connectivity index (χ0n) is 50.5. The molecule has 0 heterocycles. The van der Waals surface area contributed by atoms with E-state index in [0.717, 1.165) is 103 Å². The molecule has 0 aliphatic carbocycles. The molecule has 0 saturated heterocycles. The van der Waals surface area contributed by atoms with E-state index in [2.05, 4.69) is 93.7 Å². The van der Waals surface area contributed by atoms with Crippen molar-refractivity contribution in [2.24, 2.45) is 0 Å². The third kappa shape index (κ3) is 61.7. The van der Waals surface area contributed by atoms with Crippen LogP contribution in [0.3, 0.4) is 0 Å². The summed E-state index contributed by atoms with van der Waals surface area (Å²) in [5.74, 6) is -0.889. The predicted molar refractivity (Wildman–Crippen MR) is 330 cm³/mol. The average molecular weight is 1060 g/mol. The highest BCUT2D eigenvalue weighted by molar-refractivity contribution is 5.71. The van der Waals surface area contributed by atoms with Crippen molar-refractivity contribution >= 4 is 17.9 Å². The van der Waals surface area contributed by atoms with E-state index in [9.17, 15) is 14.4 Å². The van der Waals surface area contributed by atoms with E-state index in [-0.39, 0.29) is 31.1 Å². The maximum Gasteiger partial charge on any atom is 0.306 e. The van der Waals surface area contributed by atoms with Crippen molar-refractivity contribution in [2.45, 2.75) is 341 Å². The first-order chi connectivity index (χ1) is 37.5. The number of allylic oxidation sites excluding steroid dienone is 12. The Morgan fingerprint density at radius 1 is 0.276 bits per heavy atom. The SMILES string of the molecule is CC/C=C\C/C=C\C/C=C\C/C=C\CCCCCCC(=O)OC(COC(=O)CCCCCCCCCCCCCCCC)COC(=O)CCCCCCCCCCCCCCCCC/C=C\C/C=C\CCCCCCC. The summed E-state index contributed by atoms with van der Waals surface area (Å²) in [5, 5.41) is 0. The molecule has 0 aromatic heterocycles. The second-order valence-electron chi connectivity index (χ2n) is 22.0. The van der Waals surface area contributed by atoms with Crippen molar-refractivity contribution in [3.05, 3.63) is 72.9 Å². The Morgan fingerprint density at radius 2 is 0.513 bits per heavy atom. The van der Waals surface area contributed by atoms with Gasteiger partial charge in [-0.1, -0.05) is 299 Å². The third-order valence-corrected chi connectivity index (χ3v) is 14.4. The van der Waals surface area contributed by atoms with Crippen LogP contribution in [0.2, 0.25) is 0 Å². The summed E-state index contributed by atoms with van der Waals surface area (Å²) in [5.41, 5.74) is 0. The van der Waals surface area contributed by atoms with Gasteiger partial charge in [0.1, 0.15) is 13.2 Å². The molecule has 440 valence electrons. The molecule has 0 aliphatic rings. The van der Waals surface area contributed by atoms with Crippen molar-refractivity contribution in [1.82, 2.24) is 0 Å². The minimum absolute atomic E-state index is 0.0817. The molecule has 0 N–H and O–H groups in total. The van der Waals surface area contributed by atoms with Crippen LogP contribution in [0.4, 0.5) is 0 Å². The molecular weight excluding hydrogens is 937 g/mol. The van der Waals surface area contributed by atoms with E-state index in [1.165, 1.54) is 193 Å². The molecule has 0 fully saturated rings. The summed E-state index contributed by atoms with van der Waals surface area (Å²) in [6.07, 6.45) is 83.4. The Kier molecular flexibility index (Phi) is 61.7. The smallest absolute Gasteiger partial charge is 0.306 e. The molecule has 0 amide bonds. The predicted octanol–water partition coefficient (Wildman–Crippen LogP) is 22.5. The Bertz CT molecular complexity index is 1400. The fourth-order valence-electron chi connectivity index (χ4n) is 9.53. The molecular formula is C70H124O6. The van der Waals surface area contributed by atoms with Crippen molar-refractivity contribution in [2.75, 3.05) is 13.2 Å². The Balaban J connectivity index is 4.28. The van der Waals surface area contributed by atoms with Crippen molar-refractivity contribution < 1.29 is 28.6 Å². The number of carbonyl (C=O) groups excluding carboxylic acids is 3. The van der Waals surface area contributed by atoms with E-state index in [1.807, 2.05) is 0 Å². The van der Waals surface area contributed by atoms with E-state index >= 15 is 0 Å². The maximum atomic E-state index is 12.9. The summed E-state index contributed by atoms with van der Waals surface area (Å²) < 4.78 is 16.9. The summed E-state index contributed by atoms with van der Waals surface area (Å²) in [4.78, 5) is 38.3. The van der Waals surface area contributed by atoms with Crippen LogP contribution < -0.4 is 0 Å². The number of carbonyl (C=O) groups is 3. The van der Waals surface area contributed by atoms with Crippen LogP contribution in [0.1, 0.15) is 335 Å². The molecule has 0 bridgehead atoms.